The molecule has 0 radical (unpaired) electrons. The van der Waals surface area contributed by atoms with E-state index in [1.807, 2.05) is 35.6 Å². The van der Waals surface area contributed by atoms with Crippen molar-refractivity contribution >= 4 is 5.91 Å². The molecule has 0 aliphatic carbocycles. The summed E-state index contributed by atoms with van der Waals surface area (Å²) in [5.41, 5.74) is 2.84. The van der Waals surface area contributed by atoms with Crippen molar-refractivity contribution in [3.63, 3.8) is 0 Å². The van der Waals surface area contributed by atoms with Gasteiger partial charge in [0.15, 0.2) is 5.82 Å². The Labute approximate surface area is 143 Å². The average Bonchev–Trinajstić information content (AvgIpc) is 2.89. The number of fused-ring (bicyclic) bond motifs is 1. The van der Waals surface area contributed by atoms with Crippen LogP contribution in [0, 0.1) is 0 Å². The Kier molecular flexibility index (Phi) is 4.80. The van der Waals surface area contributed by atoms with Gasteiger partial charge in [0.05, 0.1) is 5.69 Å². The zero-order valence-corrected chi connectivity index (χ0v) is 13.8. The van der Waals surface area contributed by atoms with Crippen LogP contribution in [-0.2, 0) is 26.6 Å². The van der Waals surface area contributed by atoms with E-state index in [-0.39, 0.29) is 5.82 Å². The number of halogens is 3. The highest BCUT2D eigenvalue weighted by molar-refractivity contribution is 5.91. The first-order valence-corrected chi connectivity index (χ1v) is 7.99. The van der Waals surface area contributed by atoms with Crippen LogP contribution in [-0.4, -0.2) is 39.6 Å². The minimum Gasteiger partial charge on any atom is -0.340 e. The Morgan fingerprint density at radius 3 is 2.68 bits per heavy atom. The molecule has 0 spiro atoms. The molecule has 1 aromatic carbocycles. The standard InChI is InChI=1S/C17H19F3N4O/c1-23-14-7-8-24(9-12-5-3-2-4-6-12)10-13(14)22-15(23)16(25)21-11-17(18,19)20/h2-6H,7-11H2,1H3,(H,21,25). The second kappa shape index (κ2) is 6.87. The third-order valence-electron chi connectivity index (χ3n) is 4.24. The first kappa shape index (κ1) is 17.5. The normalized spacial score (nSPS) is 15.0. The Balaban J connectivity index is 1.70. The monoisotopic (exact) mass is 352 g/mol. The van der Waals surface area contributed by atoms with E-state index >= 15 is 0 Å². The molecule has 0 unspecified atom stereocenters. The van der Waals surface area contributed by atoms with Crippen molar-refractivity contribution in [1.29, 1.82) is 0 Å². The van der Waals surface area contributed by atoms with Gasteiger partial charge in [-0.3, -0.25) is 9.69 Å². The van der Waals surface area contributed by atoms with Crippen LogP contribution in [0.3, 0.4) is 0 Å². The number of amides is 1. The van der Waals surface area contributed by atoms with Crippen LogP contribution in [0.1, 0.15) is 27.6 Å². The summed E-state index contributed by atoms with van der Waals surface area (Å²) in [5, 5.41) is 1.88. The zero-order valence-electron chi connectivity index (χ0n) is 13.8. The fourth-order valence-corrected chi connectivity index (χ4v) is 3.02. The number of nitrogens with zero attached hydrogens (tertiary/aromatic N) is 3. The van der Waals surface area contributed by atoms with Crippen LogP contribution in [0.15, 0.2) is 30.3 Å². The predicted octanol–water partition coefficient (Wildman–Crippen LogP) is 2.27. The van der Waals surface area contributed by atoms with E-state index in [1.165, 1.54) is 5.56 Å². The van der Waals surface area contributed by atoms with Crippen LogP contribution >= 0.6 is 0 Å². The topological polar surface area (TPSA) is 50.2 Å². The number of alkyl halides is 3. The molecule has 0 atom stereocenters. The van der Waals surface area contributed by atoms with Crippen LogP contribution < -0.4 is 5.32 Å². The lowest BCUT2D eigenvalue weighted by molar-refractivity contribution is -0.123. The molecule has 3 rings (SSSR count). The van der Waals surface area contributed by atoms with Crippen molar-refractivity contribution in [2.75, 3.05) is 13.1 Å². The summed E-state index contributed by atoms with van der Waals surface area (Å²) in [6.45, 7) is 0.797. The lowest BCUT2D eigenvalue weighted by atomic mass is 10.1. The van der Waals surface area contributed by atoms with Gasteiger partial charge in [0.2, 0.25) is 0 Å². The van der Waals surface area contributed by atoms with Crippen LogP contribution in [0.25, 0.3) is 0 Å². The number of rotatable bonds is 4. The molecule has 2 heterocycles. The molecule has 1 aromatic heterocycles. The van der Waals surface area contributed by atoms with Gasteiger partial charge in [-0.2, -0.15) is 13.2 Å². The van der Waals surface area contributed by atoms with Crippen molar-refractivity contribution in [2.24, 2.45) is 7.05 Å². The van der Waals surface area contributed by atoms with Crippen molar-refractivity contribution in [1.82, 2.24) is 19.8 Å². The number of benzene rings is 1. The number of imidazole rings is 1. The Morgan fingerprint density at radius 1 is 1.28 bits per heavy atom. The molecule has 134 valence electrons. The average molecular weight is 352 g/mol. The fraction of sp³-hybridized carbons (Fsp3) is 0.412. The molecule has 1 amide bonds. The van der Waals surface area contributed by atoms with Crippen molar-refractivity contribution < 1.29 is 18.0 Å². The third kappa shape index (κ3) is 4.19. The molecule has 0 saturated carbocycles. The van der Waals surface area contributed by atoms with Gasteiger partial charge in [0.1, 0.15) is 6.54 Å². The van der Waals surface area contributed by atoms with Gasteiger partial charge in [0, 0.05) is 38.8 Å². The quantitative estimate of drug-likeness (QED) is 0.918. The Bertz CT molecular complexity index is 755. The van der Waals surface area contributed by atoms with Gasteiger partial charge in [-0.05, 0) is 5.56 Å². The van der Waals surface area contributed by atoms with E-state index < -0.39 is 18.6 Å². The van der Waals surface area contributed by atoms with Crippen LogP contribution in [0.5, 0.6) is 0 Å². The minimum absolute atomic E-state index is 0.0239. The van der Waals surface area contributed by atoms with Crippen molar-refractivity contribution in [3.05, 3.63) is 53.1 Å². The molecule has 25 heavy (non-hydrogen) atoms. The highest BCUT2D eigenvalue weighted by Crippen LogP contribution is 2.21. The lowest BCUT2D eigenvalue weighted by Gasteiger charge is -2.26. The summed E-state index contributed by atoms with van der Waals surface area (Å²) in [6, 6.07) is 10.0. The predicted molar refractivity (Wildman–Crippen MR) is 85.9 cm³/mol. The maximum Gasteiger partial charge on any atom is 0.405 e. The molecule has 0 bridgehead atoms. The molecule has 1 aliphatic heterocycles. The first-order valence-electron chi connectivity index (χ1n) is 7.99. The van der Waals surface area contributed by atoms with Gasteiger partial charge in [0.25, 0.3) is 5.91 Å². The van der Waals surface area contributed by atoms with E-state index in [9.17, 15) is 18.0 Å². The van der Waals surface area contributed by atoms with Gasteiger partial charge in [-0.25, -0.2) is 4.98 Å². The Morgan fingerprint density at radius 2 is 2.00 bits per heavy atom. The number of nitrogens with one attached hydrogen (secondary N) is 1. The SMILES string of the molecule is Cn1c(C(=O)NCC(F)(F)F)nc2c1CCN(Cc1ccccc1)C2. The van der Waals surface area contributed by atoms with E-state index in [4.69, 9.17) is 0 Å². The molecule has 8 heteroatoms. The van der Waals surface area contributed by atoms with Crippen molar-refractivity contribution in [3.8, 4) is 0 Å². The maximum absolute atomic E-state index is 12.3. The first-order chi connectivity index (χ1) is 11.8. The smallest absolute Gasteiger partial charge is 0.340 e. The van der Waals surface area contributed by atoms with Gasteiger partial charge in [-0.1, -0.05) is 30.3 Å². The number of aromatic nitrogens is 2. The highest BCUT2D eigenvalue weighted by atomic mass is 19.4. The summed E-state index contributed by atoms with van der Waals surface area (Å²) in [6.07, 6.45) is -3.73. The van der Waals surface area contributed by atoms with E-state index in [0.29, 0.717) is 13.0 Å². The Hall–Kier alpha value is -2.35. The molecular weight excluding hydrogens is 333 g/mol. The molecule has 2 aromatic rings. The molecule has 1 aliphatic rings. The van der Waals surface area contributed by atoms with Gasteiger partial charge < -0.3 is 9.88 Å². The summed E-state index contributed by atoms with van der Waals surface area (Å²) in [7, 11) is 1.67. The second-order valence-corrected chi connectivity index (χ2v) is 6.13. The summed E-state index contributed by atoms with van der Waals surface area (Å²) >= 11 is 0. The number of carbonyl (C=O) groups excluding carboxylic acids is 1. The minimum atomic E-state index is -4.44. The third-order valence-corrected chi connectivity index (χ3v) is 4.24. The van der Waals surface area contributed by atoms with Crippen LogP contribution in [0.4, 0.5) is 13.2 Å². The molecule has 5 nitrogen and oxygen atoms in total. The molecule has 0 saturated heterocycles. The molecular formula is C17H19F3N4O. The zero-order chi connectivity index (χ0) is 18.0. The van der Waals surface area contributed by atoms with E-state index in [2.05, 4.69) is 9.88 Å². The molecule has 1 N–H and O–H groups in total. The number of hydrogen-bond donors (Lipinski definition) is 1. The van der Waals surface area contributed by atoms with E-state index in [0.717, 1.165) is 24.5 Å². The fourth-order valence-electron chi connectivity index (χ4n) is 3.02. The number of carbonyl (C=O) groups is 1. The summed E-state index contributed by atoms with van der Waals surface area (Å²) < 4.78 is 38.4. The van der Waals surface area contributed by atoms with Crippen LogP contribution in [0.2, 0.25) is 0 Å². The number of hydrogen-bond acceptors (Lipinski definition) is 3. The second-order valence-electron chi connectivity index (χ2n) is 6.13. The maximum atomic E-state index is 12.3. The lowest BCUT2D eigenvalue weighted by Crippen LogP contribution is -2.35. The highest BCUT2D eigenvalue weighted by Gasteiger charge is 2.30. The summed E-state index contributed by atoms with van der Waals surface area (Å²) in [4.78, 5) is 18.5. The van der Waals surface area contributed by atoms with Crippen molar-refractivity contribution in [2.45, 2.75) is 25.7 Å². The van der Waals surface area contributed by atoms with Gasteiger partial charge in [-0.15, -0.1) is 0 Å². The summed E-state index contributed by atoms with van der Waals surface area (Å²) in [5.74, 6) is -0.778. The largest absolute Gasteiger partial charge is 0.405 e. The molecule has 0 fully saturated rings. The van der Waals surface area contributed by atoms with E-state index in [1.54, 1.807) is 11.6 Å². The van der Waals surface area contributed by atoms with Gasteiger partial charge >= 0.3 is 6.18 Å².